The fraction of sp³-hybridized carbons (Fsp3) is 0.833. The Balaban J connectivity index is 1.96. The zero-order valence-corrected chi connectivity index (χ0v) is 10.8. The highest BCUT2D eigenvalue weighted by atomic mass is 16.3. The third-order valence-corrected chi connectivity index (χ3v) is 3.22. The first-order chi connectivity index (χ1) is 8.20. The van der Waals surface area contributed by atoms with Crippen molar-refractivity contribution in [2.45, 2.75) is 38.8 Å². The number of aromatic nitrogens is 3. The second-order valence-corrected chi connectivity index (χ2v) is 5.17. The molecule has 1 aliphatic rings. The SMILES string of the molecule is CN(C)CCCn1nnc(CO)c1CC1CC1. The second-order valence-electron chi connectivity index (χ2n) is 5.17. The van der Waals surface area contributed by atoms with E-state index in [-0.39, 0.29) is 6.61 Å². The molecule has 2 rings (SSSR count). The predicted molar refractivity (Wildman–Crippen MR) is 65.5 cm³/mol. The number of hydrogen-bond acceptors (Lipinski definition) is 4. The molecule has 0 amide bonds. The maximum absolute atomic E-state index is 9.25. The van der Waals surface area contributed by atoms with Crippen LogP contribution in [0.2, 0.25) is 0 Å². The normalized spacial score (nSPS) is 15.8. The van der Waals surface area contributed by atoms with Crippen LogP contribution in [-0.4, -0.2) is 45.6 Å². The highest BCUT2D eigenvalue weighted by Crippen LogP contribution is 2.33. The van der Waals surface area contributed by atoms with Crippen LogP contribution in [0.1, 0.15) is 30.7 Å². The van der Waals surface area contributed by atoms with E-state index < -0.39 is 0 Å². The molecule has 0 aliphatic heterocycles. The summed E-state index contributed by atoms with van der Waals surface area (Å²) in [5, 5.41) is 17.5. The third-order valence-electron chi connectivity index (χ3n) is 3.22. The molecule has 1 aromatic rings. The fourth-order valence-corrected chi connectivity index (χ4v) is 2.03. The number of aliphatic hydroxyl groups is 1. The van der Waals surface area contributed by atoms with Gasteiger partial charge in [0.1, 0.15) is 5.69 Å². The zero-order valence-electron chi connectivity index (χ0n) is 10.8. The second kappa shape index (κ2) is 5.60. The summed E-state index contributed by atoms with van der Waals surface area (Å²) in [4.78, 5) is 2.17. The number of aryl methyl sites for hydroxylation is 1. The van der Waals surface area contributed by atoms with Gasteiger partial charge in [-0.25, -0.2) is 4.68 Å². The van der Waals surface area contributed by atoms with Gasteiger partial charge in [-0.1, -0.05) is 5.21 Å². The highest BCUT2D eigenvalue weighted by Gasteiger charge is 2.25. The van der Waals surface area contributed by atoms with E-state index in [9.17, 15) is 5.11 Å². The van der Waals surface area contributed by atoms with Crippen LogP contribution in [0.25, 0.3) is 0 Å². The summed E-state index contributed by atoms with van der Waals surface area (Å²) < 4.78 is 1.98. The Bertz CT molecular complexity index is 357. The number of rotatable bonds is 7. The highest BCUT2D eigenvalue weighted by molar-refractivity contribution is 5.11. The van der Waals surface area contributed by atoms with Crippen LogP contribution < -0.4 is 0 Å². The monoisotopic (exact) mass is 238 g/mol. The Morgan fingerprint density at radius 1 is 1.41 bits per heavy atom. The van der Waals surface area contributed by atoms with Crippen molar-refractivity contribution in [3.63, 3.8) is 0 Å². The molecule has 96 valence electrons. The lowest BCUT2D eigenvalue weighted by Crippen LogP contribution is -2.16. The molecule has 0 bridgehead atoms. The molecule has 1 heterocycles. The molecular weight excluding hydrogens is 216 g/mol. The van der Waals surface area contributed by atoms with Crippen molar-refractivity contribution < 1.29 is 5.11 Å². The molecule has 0 spiro atoms. The van der Waals surface area contributed by atoms with Gasteiger partial charge in [-0.3, -0.25) is 0 Å². The number of nitrogens with zero attached hydrogens (tertiary/aromatic N) is 4. The maximum Gasteiger partial charge on any atom is 0.111 e. The number of aliphatic hydroxyl groups excluding tert-OH is 1. The first-order valence-electron chi connectivity index (χ1n) is 6.37. The van der Waals surface area contributed by atoms with Crippen LogP contribution in [0.4, 0.5) is 0 Å². The van der Waals surface area contributed by atoms with Gasteiger partial charge in [-0.15, -0.1) is 5.10 Å². The van der Waals surface area contributed by atoms with Gasteiger partial charge in [-0.05, 0) is 52.2 Å². The minimum absolute atomic E-state index is 0.00966. The van der Waals surface area contributed by atoms with Gasteiger partial charge < -0.3 is 10.0 Å². The van der Waals surface area contributed by atoms with Gasteiger partial charge in [0.05, 0.1) is 12.3 Å². The lowest BCUT2D eigenvalue weighted by molar-refractivity contribution is 0.275. The third kappa shape index (κ3) is 3.51. The number of hydrogen-bond donors (Lipinski definition) is 1. The summed E-state index contributed by atoms with van der Waals surface area (Å²) in [6.45, 7) is 1.96. The van der Waals surface area contributed by atoms with E-state index in [0.717, 1.165) is 43.2 Å². The Hall–Kier alpha value is -0.940. The molecule has 1 fully saturated rings. The van der Waals surface area contributed by atoms with Crippen molar-refractivity contribution in [3.8, 4) is 0 Å². The van der Waals surface area contributed by atoms with Crippen LogP contribution in [0, 0.1) is 5.92 Å². The summed E-state index contributed by atoms with van der Waals surface area (Å²) >= 11 is 0. The van der Waals surface area contributed by atoms with Crippen molar-refractivity contribution in [3.05, 3.63) is 11.4 Å². The van der Waals surface area contributed by atoms with Gasteiger partial charge in [0.25, 0.3) is 0 Å². The quantitative estimate of drug-likeness (QED) is 0.759. The summed E-state index contributed by atoms with van der Waals surface area (Å²) in [6, 6.07) is 0. The van der Waals surface area contributed by atoms with Crippen LogP contribution in [0.3, 0.4) is 0 Å². The van der Waals surface area contributed by atoms with E-state index in [4.69, 9.17) is 0 Å². The average molecular weight is 238 g/mol. The van der Waals surface area contributed by atoms with Crippen LogP contribution in [0.5, 0.6) is 0 Å². The van der Waals surface area contributed by atoms with Gasteiger partial charge in [0, 0.05) is 6.54 Å². The average Bonchev–Trinajstić information content (AvgIpc) is 3.01. The molecule has 1 saturated carbocycles. The molecule has 0 atom stereocenters. The van der Waals surface area contributed by atoms with E-state index in [1.807, 2.05) is 4.68 Å². The van der Waals surface area contributed by atoms with Crippen molar-refractivity contribution in [1.82, 2.24) is 19.9 Å². The maximum atomic E-state index is 9.25. The minimum Gasteiger partial charge on any atom is -0.390 e. The zero-order chi connectivity index (χ0) is 12.3. The molecule has 17 heavy (non-hydrogen) atoms. The molecule has 1 aromatic heterocycles. The van der Waals surface area contributed by atoms with Gasteiger partial charge in [0.2, 0.25) is 0 Å². The van der Waals surface area contributed by atoms with Crippen LogP contribution in [-0.2, 0) is 19.6 Å². The van der Waals surface area contributed by atoms with Gasteiger partial charge >= 0.3 is 0 Å². The van der Waals surface area contributed by atoms with Gasteiger partial charge in [-0.2, -0.15) is 0 Å². The minimum atomic E-state index is 0.00966. The van der Waals surface area contributed by atoms with E-state index in [1.165, 1.54) is 12.8 Å². The predicted octanol–water partition coefficient (Wildman–Crippen LogP) is 0.675. The lowest BCUT2D eigenvalue weighted by atomic mass is 10.2. The Kier molecular flexibility index (Phi) is 4.12. The standard InChI is InChI=1S/C12H22N4O/c1-15(2)6-3-7-16-12(8-10-4-5-10)11(9-17)13-14-16/h10,17H,3-9H2,1-2H3. The summed E-state index contributed by atoms with van der Waals surface area (Å²) in [5.74, 6) is 0.798. The van der Waals surface area contributed by atoms with Gasteiger partial charge in [0.15, 0.2) is 0 Å². The molecule has 0 radical (unpaired) electrons. The van der Waals surface area contributed by atoms with Crippen molar-refractivity contribution in [2.75, 3.05) is 20.6 Å². The molecule has 1 aliphatic carbocycles. The van der Waals surface area contributed by atoms with E-state index >= 15 is 0 Å². The topological polar surface area (TPSA) is 54.2 Å². The smallest absolute Gasteiger partial charge is 0.111 e. The molecular formula is C12H22N4O. The molecule has 0 aromatic carbocycles. The molecule has 0 unspecified atom stereocenters. The van der Waals surface area contributed by atoms with E-state index in [1.54, 1.807) is 0 Å². The van der Waals surface area contributed by atoms with Crippen molar-refractivity contribution in [2.24, 2.45) is 5.92 Å². The molecule has 5 nitrogen and oxygen atoms in total. The van der Waals surface area contributed by atoms with E-state index in [2.05, 4.69) is 29.3 Å². The summed E-state index contributed by atoms with van der Waals surface area (Å²) in [7, 11) is 4.15. The van der Waals surface area contributed by atoms with Crippen molar-refractivity contribution >= 4 is 0 Å². The summed E-state index contributed by atoms with van der Waals surface area (Å²) in [5.41, 5.74) is 1.91. The molecule has 1 N–H and O–H groups in total. The Morgan fingerprint density at radius 2 is 2.18 bits per heavy atom. The Morgan fingerprint density at radius 3 is 2.76 bits per heavy atom. The largest absolute Gasteiger partial charge is 0.390 e. The Labute approximate surface area is 102 Å². The molecule has 5 heteroatoms. The van der Waals surface area contributed by atoms with Crippen molar-refractivity contribution in [1.29, 1.82) is 0 Å². The first kappa shape index (κ1) is 12.5. The molecule has 0 saturated heterocycles. The fourth-order valence-electron chi connectivity index (χ4n) is 2.03. The van der Waals surface area contributed by atoms with Crippen LogP contribution in [0.15, 0.2) is 0 Å². The van der Waals surface area contributed by atoms with E-state index in [0.29, 0.717) is 0 Å². The summed E-state index contributed by atoms with van der Waals surface area (Å²) in [6.07, 6.45) is 4.73. The lowest BCUT2D eigenvalue weighted by Gasteiger charge is -2.10. The first-order valence-corrected chi connectivity index (χ1v) is 6.37. The van der Waals surface area contributed by atoms with Crippen LogP contribution >= 0.6 is 0 Å².